The first-order valence-corrected chi connectivity index (χ1v) is 16.5. The van der Waals surface area contributed by atoms with Gasteiger partial charge in [0.25, 0.3) is 5.91 Å². The fourth-order valence-electron chi connectivity index (χ4n) is 11.4. The first-order chi connectivity index (χ1) is 20.8. The predicted octanol–water partition coefficient (Wildman–Crippen LogP) is 8.27. The number of fused-ring (bicyclic) bond motifs is 7. The van der Waals surface area contributed by atoms with Gasteiger partial charge in [-0.25, -0.2) is 0 Å². The van der Waals surface area contributed by atoms with Crippen LogP contribution >= 0.6 is 0 Å². The molecular formula is C34H48F6N2O4. The molecule has 0 aromatic heterocycles. The summed E-state index contributed by atoms with van der Waals surface area (Å²) in [6.45, 7) is 15.7. The van der Waals surface area contributed by atoms with Crippen LogP contribution in [0.15, 0.2) is 11.6 Å². The molecule has 6 nitrogen and oxygen atoms in total. The number of nitrogens with zero attached hydrogens (tertiary/aromatic N) is 1. The van der Waals surface area contributed by atoms with E-state index in [1.807, 2.05) is 6.92 Å². The number of hydroxylamine groups is 2. The molecule has 0 spiro atoms. The normalized spacial score (nSPS) is 43.7. The molecule has 0 aromatic carbocycles. The number of carbonyl (C=O) groups excluding carboxylic acids is 3. The van der Waals surface area contributed by atoms with E-state index in [4.69, 9.17) is 0 Å². The minimum atomic E-state index is -5.71. The number of halogens is 6. The molecule has 12 heteroatoms. The Labute approximate surface area is 267 Å². The van der Waals surface area contributed by atoms with Crippen LogP contribution in [0.2, 0.25) is 0 Å². The van der Waals surface area contributed by atoms with E-state index in [2.05, 4.69) is 44.8 Å². The van der Waals surface area contributed by atoms with Crippen molar-refractivity contribution in [3.63, 3.8) is 0 Å². The second-order valence-electron chi connectivity index (χ2n) is 17.0. The molecule has 0 bridgehead atoms. The SMILES string of the molecule is CC(=O)N[C@H]1CC[C@@]2(C)C(CC[C@]3(C)[C@@H]2C(=O)C=C2[C@@H]4C[C@@](C)(C(=O)N(OC(F)(F)F)C(F)(F)F)CC[C@]4(C)CC[C@]23C)C1(C)C. The summed E-state index contributed by atoms with van der Waals surface area (Å²) in [6, 6.07) is -0.0155. The molecule has 9 atom stereocenters. The number of amides is 2. The van der Waals surface area contributed by atoms with Crippen LogP contribution in [-0.4, -0.2) is 41.4 Å². The van der Waals surface area contributed by atoms with Crippen molar-refractivity contribution in [2.45, 2.75) is 132 Å². The Hall–Kier alpha value is -2.11. The number of hydrogen-bond acceptors (Lipinski definition) is 4. The fourth-order valence-corrected chi connectivity index (χ4v) is 11.4. The highest BCUT2D eigenvalue weighted by Gasteiger charge is 2.70. The summed E-state index contributed by atoms with van der Waals surface area (Å²) in [7, 11) is 0. The highest BCUT2D eigenvalue weighted by molar-refractivity contribution is 5.95. The molecule has 4 fully saturated rings. The van der Waals surface area contributed by atoms with Gasteiger partial charge in [-0.15, -0.1) is 31.4 Å². The number of nitrogens with one attached hydrogen (secondary N) is 1. The van der Waals surface area contributed by atoms with Crippen LogP contribution in [0.25, 0.3) is 0 Å². The number of carbonyl (C=O) groups is 3. The molecular weight excluding hydrogens is 614 g/mol. The van der Waals surface area contributed by atoms with Crippen molar-refractivity contribution < 1.29 is 45.6 Å². The highest BCUT2D eigenvalue weighted by Crippen LogP contribution is 2.75. The summed E-state index contributed by atoms with van der Waals surface area (Å²) in [5.41, 5.74) is -2.99. The van der Waals surface area contributed by atoms with E-state index in [0.29, 0.717) is 6.42 Å². The van der Waals surface area contributed by atoms with Gasteiger partial charge in [-0.3, -0.25) is 14.4 Å². The van der Waals surface area contributed by atoms with Crippen molar-refractivity contribution in [2.24, 2.45) is 50.2 Å². The standard InChI is InChI=1S/C34H48F6N2O4/c1-19(43)41-24-10-11-30(6)23(27(24,2)3)9-12-32(8)25(30)22(44)17-20-21-18-29(5,14-13-28(21,4)15-16-31(20,32)7)26(45)42(33(35,36)37)46-34(38,39)40/h17,21,23-25H,9-16,18H2,1-8H3,(H,41,43)/t21-,23?,24-,25+,28+,29-,30-,31+,32+/m0/s1. The van der Waals surface area contributed by atoms with E-state index in [1.165, 1.54) is 13.8 Å². The third-order valence-corrected chi connectivity index (χ3v) is 14.1. The van der Waals surface area contributed by atoms with Crippen molar-refractivity contribution in [2.75, 3.05) is 0 Å². The van der Waals surface area contributed by atoms with Crippen LogP contribution in [0.3, 0.4) is 0 Å². The zero-order chi connectivity index (χ0) is 34.7. The number of alkyl halides is 6. The zero-order valence-corrected chi connectivity index (χ0v) is 28.1. The maximum absolute atomic E-state index is 14.5. The lowest BCUT2D eigenvalue weighted by molar-refractivity contribution is -0.468. The van der Waals surface area contributed by atoms with Crippen molar-refractivity contribution in [1.29, 1.82) is 0 Å². The smallest absolute Gasteiger partial charge is 0.353 e. The second kappa shape index (κ2) is 10.4. The number of ketones is 1. The van der Waals surface area contributed by atoms with E-state index in [-0.39, 0.29) is 53.2 Å². The molecule has 5 aliphatic rings. The number of allylic oxidation sites excluding steroid dienone is 2. The molecule has 1 unspecified atom stereocenters. The van der Waals surface area contributed by atoms with E-state index in [0.717, 1.165) is 44.1 Å². The highest BCUT2D eigenvalue weighted by atomic mass is 19.4. The van der Waals surface area contributed by atoms with Crippen LogP contribution in [0, 0.1) is 50.2 Å². The van der Waals surface area contributed by atoms with Crippen molar-refractivity contribution in [3.8, 4) is 0 Å². The van der Waals surface area contributed by atoms with Gasteiger partial charge in [-0.1, -0.05) is 54.0 Å². The van der Waals surface area contributed by atoms with Gasteiger partial charge < -0.3 is 5.32 Å². The van der Waals surface area contributed by atoms with Gasteiger partial charge in [0.2, 0.25) is 5.91 Å². The summed E-state index contributed by atoms with van der Waals surface area (Å²) in [5.74, 6) is -2.48. The Balaban J connectivity index is 1.54. The Morgan fingerprint density at radius 3 is 2.07 bits per heavy atom. The lowest BCUT2D eigenvalue weighted by atomic mass is 9.33. The van der Waals surface area contributed by atoms with Gasteiger partial charge >= 0.3 is 12.7 Å². The number of hydrogen-bond donors (Lipinski definition) is 1. The molecule has 0 radical (unpaired) electrons. The Morgan fingerprint density at radius 2 is 1.50 bits per heavy atom. The molecule has 46 heavy (non-hydrogen) atoms. The fraction of sp³-hybridized carbons (Fsp3) is 0.853. The molecule has 4 saturated carbocycles. The van der Waals surface area contributed by atoms with Crippen LogP contribution in [-0.2, 0) is 19.2 Å². The first kappa shape index (κ1) is 35.2. The maximum Gasteiger partial charge on any atom is 0.544 e. The average molecular weight is 663 g/mol. The summed E-state index contributed by atoms with van der Waals surface area (Å²) in [4.78, 5) is 43.1. The molecule has 5 aliphatic carbocycles. The molecule has 0 saturated heterocycles. The molecule has 0 heterocycles. The average Bonchev–Trinajstić information content (AvgIpc) is 2.89. The van der Waals surface area contributed by atoms with E-state index < -0.39 is 51.2 Å². The molecule has 260 valence electrons. The third-order valence-electron chi connectivity index (χ3n) is 14.1. The summed E-state index contributed by atoms with van der Waals surface area (Å²) < 4.78 is 80.4. The van der Waals surface area contributed by atoms with E-state index in [1.54, 1.807) is 6.08 Å². The predicted molar refractivity (Wildman–Crippen MR) is 157 cm³/mol. The van der Waals surface area contributed by atoms with Gasteiger partial charge in [0, 0.05) is 24.3 Å². The van der Waals surface area contributed by atoms with Gasteiger partial charge in [-0.2, -0.15) is 4.84 Å². The lowest BCUT2D eigenvalue weighted by Gasteiger charge is -2.70. The van der Waals surface area contributed by atoms with Crippen molar-refractivity contribution in [3.05, 3.63) is 11.6 Å². The van der Waals surface area contributed by atoms with Crippen LogP contribution in [0.1, 0.15) is 113 Å². The van der Waals surface area contributed by atoms with Crippen LogP contribution in [0.5, 0.6) is 0 Å². The minimum absolute atomic E-state index is 0.0155. The quantitative estimate of drug-likeness (QED) is 0.188. The molecule has 0 aromatic rings. The van der Waals surface area contributed by atoms with Crippen molar-refractivity contribution in [1.82, 2.24) is 10.4 Å². The molecule has 0 aliphatic heterocycles. The Kier molecular flexibility index (Phi) is 7.99. The van der Waals surface area contributed by atoms with E-state index in [9.17, 15) is 40.7 Å². The minimum Gasteiger partial charge on any atom is -0.353 e. The topological polar surface area (TPSA) is 75.7 Å². The van der Waals surface area contributed by atoms with Crippen LogP contribution < -0.4 is 5.32 Å². The summed E-state index contributed by atoms with van der Waals surface area (Å²) >= 11 is 0. The third kappa shape index (κ3) is 5.13. The molecule has 2 amide bonds. The van der Waals surface area contributed by atoms with Crippen molar-refractivity contribution >= 4 is 17.6 Å². The molecule has 1 N–H and O–H groups in total. The van der Waals surface area contributed by atoms with Gasteiger partial charge in [0.15, 0.2) is 5.78 Å². The largest absolute Gasteiger partial charge is 0.544 e. The Morgan fingerprint density at radius 1 is 0.891 bits per heavy atom. The van der Waals surface area contributed by atoms with Gasteiger partial charge in [0.05, 0.1) is 0 Å². The van der Waals surface area contributed by atoms with Gasteiger partial charge in [0.1, 0.15) is 0 Å². The summed E-state index contributed by atoms with van der Waals surface area (Å²) in [6.07, 6.45) is -4.93. The summed E-state index contributed by atoms with van der Waals surface area (Å²) in [5, 5.41) is 1.68. The van der Waals surface area contributed by atoms with Gasteiger partial charge in [-0.05, 0) is 103 Å². The zero-order valence-electron chi connectivity index (χ0n) is 28.1. The van der Waals surface area contributed by atoms with E-state index >= 15 is 0 Å². The molecule has 5 rings (SSSR count). The van der Waals surface area contributed by atoms with Crippen LogP contribution in [0.4, 0.5) is 26.3 Å². The first-order valence-electron chi connectivity index (χ1n) is 16.5. The maximum atomic E-state index is 14.5. The lowest BCUT2D eigenvalue weighted by Crippen LogP contribution is -2.67. The second-order valence-corrected chi connectivity index (χ2v) is 17.0. The number of rotatable bonds is 3. The monoisotopic (exact) mass is 662 g/mol. The Bertz CT molecular complexity index is 1340.